The molecule has 0 aliphatic heterocycles. The van der Waals surface area contributed by atoms with E-state index < -0.39 is 26.5 Å². The van der Waals surface area contributed by atoms with Gasteiger partial charge in [0.25, 0.3) is 0 Å². The van der Waals surface area contributed by atoms with E-state index in [0.29, 0.717) is 17.4 Å². The van der Waals surface area contributed by atoms with E-state index in [-0.39, 0.29) is 32.0 Å². The van der Waals surface area contributed by atoms with Gasteiger partial charge in [0.2, 0.25) is 0 Å². The lowest BCUT2D eigenvalue weighted by Crippen LogP contribution is -2.37. The second-order valence-corrected chi connectivity index (χ2v) is 28.1. The topological polar surface area (TPSA) is 108 Å². The SMILES string of the molecule is CC/C=C\C/C=C\C/C=C\C/C=C\C/C=C\C/C=C\C/C=C\C/C=C\C/C=C\C/C=C\C/C=C\CCCCCCCC(=O)OC(COC(=O)CCCCCCCCCCCCC/C=C\C/C=C\C/C=C\C/C=C\C/C=C\C/C=C\C/C=C\C/C=C\C/C=C\CC)COP(=O)(O)OCC[N+](C)(C)C. The summed E-state index contributed by atoms with van der Waals surface area (Å²) in [6, 6.07) is 0. The molecular formula is C92H145NO8P+. The third-order valence-electron chi connectivity index (χ3n) is 15.9. The first-order chi connectivity index (χ1) is 50.0. The van der Waals surface area contributed by atoms with Crippen LogP contribution in [0.5, 0.6) is 0 Å². The van der Waals surface area contributed by atoms with Crippen LogP contribution in [-0.4, -0.2) is 74.9 Å². The minimum Gasteiger partial charge on any atom is -0.462 e. The lowest BCUT2D eigenvalue weighted by Gasteiger charge is -2.24. The van der Waals surface area contributed by atoms with E-state index in [0.717, 1.165) is 193 Å². The Morgan fingerprint density at radius 1 is 0.304 bits per heavy atom. The van der Waals surface area contributed by atoms with Gasteiger partial charge in [0.05, 0.1) is 27.7 Å². The normalized spacial score (nSPS) is 14.4. The predicted molar refractivity (Wildman–Crippen MR) is 444 cm³/mol. The third kappa shape index (κ3) is 82.8. The highest BCUT2D eigenvalue weighted by Crippen LogP contribution is 2.43. The van der Waals surface area contributed by atoms with Crippen LogP contribution in [0, 0.1) is 0 Å². The summed E-state index contributed by atoms with van der Waals surface area (Å²) >= 11 is 0. The van der Waals surface area contributed by atoms with Crippen molar-refractivity contribution in [2.24, 2.45) is 0 Å². The molecule has 0 saturated heterocycles. The summed E-state index contributed by atoms with van der Waals surface area (Å²) in [5.41, 5.74) is 0. The number of quaternary nitrogens is 1. The maximum atomic E-state index is 12.9. The van der Waals surface area contributed by atoms with E-state index in [9.17, 15) is 19.0 Å². The minimum absolute atomic E-state index is 0.0144. The van der Waals surface area contributed by atoms with Gasteiger partial charge in [-0.3, -0.25) is 18.6 Å². The zero-order valence-corrected chi connectivity index (χ0v) is 65.9. The minimum atomic E-state index is -4.42. The van der Waals surface area contributed by atoms with Crippen LogP contribution < -0.4 is 0 Å². The van der Waals surface area contributed by atoms with Crippen molar-refractivity contribution in [2.45, 2.75) is 277 Å². The standard InChI is InChI=1S/C92H144NO8P/c1-6-8-10-12-14-16-18-20-22-24-26-28-30-32-34-36-38-40-42-44-46-48-50-52-54-56-58-60-62-64-66-68-70-72-74-76-78-80-82-84-91(94)98-88-90(89-100-102(96,97)99-87-86-93(3,4)5)101-92(95)85-83-81-79-77-75-73-71-69-67-65-63-61-59-57-55-53-51-49-47-45-43-41-39-37-35-33-31-29-27-25-23-21-19-17-15-13-11-9-7-2/h8-11,14-17,20-23,26-29,32-35,38-41,44-47,50-53,56-59,63,65,69,71,90H,6-7,12-13,18-19,24-25,30-31,36-37,42-43,48-49,54-55,60-62,64,66-68,70,72-89H2,1-5H3/p+1/b10-8-,11-9-,16-14-,17-15-,22-20-,23-21-,28-26-,29-27-,34-32-,35-33-,40-38-,41-39-,46-44-,47-45-,52-50-,53-51-,58-56-,59-57-,65-63-,71-69-. The number of allylic oxidation sites excluding steroid dienone is 40. The molecule has 1 N–H and O–H groups in total. The van der Waals surface area contributed by atoms with Crippen LogP contribution in [0.4, 0.5) is 0 Å². The van der Waals surface area contributed by atoms with Gasteiger partial charge in [-0.25, -0.2) is 4.57 Å². The van der Waals surface area contributed by atoms with Gasteiger partial charge >= 0.3 is 19.8 Å². The molecule has 0 rings (SSSR count). The smallest absolute Gasteiger partial charge is 0.462 e. The quantitative estimate of drug-likeness (QED) is 0.0211. The molecule has 0 aliphatic carbocycles. The number of hydrogen-bond donors (Lipinski definition) is 1. The molecule has 0 amide bonds. The van der Waals surface area contributed by atoms with Gasteiger partial charge in [0, 0.05) is 12.8 Å². The maximum Gasteiger partial charge on any atom is 0.472 e. The van der Waals surface area contributed by atoms with Crippen molar-refractivity contribution in [3.05, 3.63) is 243 Å². The monoisotopic (exact) mass is 1420 g/mol. The highest BCUT2D eigenvalue weighted by molar-refractivity contribution is 7.47. The largest absolute Gasteiger partial charge is 0.472 e. The molecule has 10 heteroatoms. The summed E-state index contributed by atoms with van der Waals surface area (Å²) in [4.78, 5) is 36.0. The first kappa shape index (κ1) is 95.8. The summed E-state index contributed by atoms with van der Waals surface area (Å²) in [6.07, 6.45) is 128. The van der Waals surface area contributed by atoms with Crippen molar-refractivity contribution in [1.29, 1.82) is 0 Å². The van der Waals surface area contributed by atoms with Gasteiger partial charge in [-0.2, -0.15) is 0 Å². The van der Waals surface area contributed by atoms with Crippen LogP contribution in [0.25, 0.3) is 0 Å². The molecule has 0 radical (unpaired) electrons. The fourth-order valence-corrected chi connectivity index (χ4v) is 10.6. The van der Waals surface area contributed by atoms with Crippen LogP contribution in [0.3, 0.4) is 0 Å². The van der Waals surface area contributed by atoms with Gasteiger partial charge in [-0.1, -0.05) is 334 Å². The van der Waals surface area contributed by atoms with E-state index >= 15 is 0 Å². The number of carbonyl (C=O) groups excluding carboxylic acids is 2. The molecule has 9 nitrogen and oxygen atoms in total. The molecule has 0 spiro atoms. The van der Waals surface area contributed by atoms with Crippen molar-refractivity contribution in [3.63, 3.8) is 0 Å². The van der Waals surface area contributed by atoms with E-state index in [1.165, 1.54) is 44.9 Å². The predicted octanol–water partition coefficient (Wildman–Crippen LogP) is 27.0. The highest BCUT2D eigenvalue weighted by atomic mass is 31.2. The van der Waals surface area contributed by atoms with Crippen LogP contribution in [-0.2, 0) is 32.7 Å². The number of carbonyl (C=O) groups is 2. The van der Waals surface area contributed by atoms with Crippen molar-refractivity contribution < 1.29 is 42.1 Å². The van der Waals surface area contributed by atoms with Crippen molar-refractivity contribution in [1.82, 2.24) is 0 Å². The van der Waals surface area contributed by atoms with E-state index in [4.69, 9.17) is 18.5 Å². The molecular weight excluding hydrogens is 1280 g/mol. The Bertz CT molecular complexity index is 2630. The van der Waals surface area contributed by atoms with Crippen LogP contribution in [0.15, 0.2) is 243 Å². The number of rotatable bonds is 70. The molecule has 0 fully saturated rings. The van der Waals surface area contributed by atoms with Crippen LogP contribution >= 0.6 is 7.82 Å². The van der Waals surface area contributed by atoms with Gasteiger partial charge < -0.3 is 18.9 Å². The van der Waals surface area contributed by atoms with E-state index in [1.54, 1.807) is 0 Å². The molecule has 0 aromatic carbocycles. The first-order valence-corrected chi connectivity index (χ1v) is 41.3. The number of phosphoric acid groups is 1. The molecule has 0 saturated carbocycles. The second-order valence-electron chi connectivity index (χ2n) is 26.6. The summed E-state index contributed by atoms with van der Waals surface area (Å²) in [5.74, 6) is -0.839. The highest BCUT2D eigenvalue weighted by Gasteiger charge is 2.27. The zero-order valence-electron chi connectivity index (χ0n) is 65.0. The second kappa shape index (κ2) is 78.9. The number of hydrogen-bond acceptors (Lipinski definition) is 7. The number of likely N-dealkylation sites (N-methyl/N-ethyl adjacent to an activating group) is 1. The van der Waals surface area contributed by atoms with E-state index in [2.05, 4.69) is 257 Å². The Morgan fingerprint density at radius 2 is 0.529 bits per heavy atom. The maximum absolute atomic E-state index is 12.9. The van der Waals surface area contributed by atoms with Crippen molar-refractivity contribution in [3.8, 4) is 0 Å². The molecule has 0 heterocycles. The molecule has 102 heavy (non-hydrogen) atoms. The van der Waals surface area contributed by atoms with Crippen LogP contribution in [0.2, 0.25) is 0 Å². The zero-order chi connectivity index (χ0) is 74.0. The summed E-state index contributed by atoms with van der Waals surface area (Å²) in [5, 5.41) is 0. The number of unbranched alkanes of at least 4 members (excludes halogenated alkanes) is 16. The summed E-state index contributed by atoms with van der Waals surface area (Å²) < 4.78 is 34.8. The van der Waals surface area contributed by atoms with Crippen molar-refractivity contribution in [2.75, 3.05) is 47.5 Å². The lowest BCUT2D eigenvalue weighted by molar-refractivity contribution is -0.870. The lowest BCUT2D eigenvalue weighted by atomic mass is 10.0. The van der Waals surface area contributed by atoms with Crippen LogP contribution in [0.1, 0.15) is 271 Å². The Balaban J connectivity index is 4.15. The third-order valence-corrected chi connectivity index (χ3v) is 16.9. The van der Waals surface area contributed by atoms with Gasteiger partial charge in [-0.05, 0) is 167 Å². The number of esters is 2. The fourth-order valence-electron chi connectivity index (χ4n) is 9.90. The first-order valence-electron chi connectivity index (χ1n) is 39.8. The number of phosphoric ester groups is 1. The Hall–Kier alpha value is -6.19. The fraction of sp³-hybridized carbons (Fsp3) is 0.543. The van der Waals surface area contributed by atoms with Gasteiger partial charge in [-0.15, -0.1) is 0 Å². The number of nitrogens with zero attached hydrogens (tertiary/aromatic N) is 1. The average molecular weight is 1420 g/mol. The van der Waals surface area contributed by atoms with Gasteiger partial charge in [0.1, 0.15) is 19.8 Å². The van der Waals surface area contributed by atoms with E-state index in [1.807, 2.05) is 21.1 Å². The Morgan fingerprint density at radius 3 is 0.784 bits per heavy atom. The molecule has 2 atom stereocenters. The summed E-state index contributed by atoms with van der Waals surface area (Å²) in [6.45, 7) is 4.15. The Labute approximate surface area is 625 Å². The summed E-state index contributed by atoms with van der Waals surface area (Å²) in [7, 11) is 1.43. The average Bonchev–Trinajstić information content (AvgIpc) is 0.914. The Kier molecular flexibility index (Phi) is 74.1. The molecule has 0 bridgehead atoms. The molecule has 570 valence electrons. The number of ether oxygens (including phenoxy) is 2. The molecule has 0 aromatic heterocycles. The molecule has 0 aliphatic rings. The molecule has 2 unspecified atom stereocenters. The van der Waals surface area contributed by atoms with Crippen molar-refractivity contribution >= 4 is 19.8 Å². The van der Waals surface area contributed by atoms with Gasteiger partial charge in [0.15, 0.2) is 6.10 Å². The molecule has 0 aromatic rings.